The van der Waals surface area contributed by atoms with Crippen molar-refractivity contribution in [2.24, 2.45) is 0 Å². The smallest absolute Gasteiger partial charge is 0.416 e. The van der Waals surface area contributed by atoms with Gasteiger partial charge < -0.3 is 10.1 Å². The number of hydrogen-bond donors (Lipinski definition) is 1. The Morgan fingerprint density at radius 2 is 1.88 bits per heavy atom. The van der Waals surface area contributed by atoms with Crippen LogP contribution in [0.1, 0.15) is 49.2 Å². The highest BCUT2D eigenvalue weighted by Crippen LogP contribution is 2.32. The Bertz CT molecular complexity index is 1200. The molecule has 0 saturated heterocycles. The van der Waals surface area contributed by atoms with Crippen molar-refractivity contribution < 1.29 is 27.5 Å². The van der Waals surface area contributed by atoms with Crippen LogP contribution in [0.15, 0.2) is 34.4 Å². The van der Waals surface area contributed by atoms with Gasteiger partial charge in [0.05, 0.1) is 23.2 Å². The molecule has 7 nitrogen and oxygen atoms in total. The number of alkyl halides is 3. The monoisotopic (exact) mass is 467 g/mol. The van der Waals surface area contributed by atoms with E-state index >= 15 is 0 Å². The first kappa shape index (κ1) is 23.5. The summed E-state index contributed by atoms with van der Waals surface area (Å²) in [5, 5.41) is 8.74. The predicted octanol–water partition coefficient (Wildman–Crippen LogP) is 4.77. The SMILES string of the molecule is CCCCC(=O)Nc1scc2c(C(=O)OCC)nn(-c3ccc(C(F)(F)F)cc3)c(=O)c12. The van der Waals surface area contributed by atoms with Crippen LogP contribution in [0, 0.1) is 0 Å². The molecule has 0 aliphatic heterocycles. The van der Waals surface area contributed by atoms with Crippen molar-refractivity contribution in [2.45, 2.75) is 39.3 Å². The van der Waals surface area contributed by atoms with Crippen LogP contribution in [-0.4, -0.2) is 28.3 Å². The van der Waals surface area contributed by atoms with Crippen LogP contribution in [0.5, 0.6) is 0 Å². The van der Waals surface area contributed by atoms with Gasteiger partial charge in [-0.3, -0.25) is 9.59 Å². The molecule has 11 heteroatoms. The van der Waals surface area contributed by atoms with Gasteiger partial charge in [0.15, 0.2) is 5.69 Å². The molecular formula is C21H20F3N3O4S. The average Bonchev–Trinajstić information content (AvgIpc) is 3.16. The summed E-state index contributed by atoms with van der Waals surface area (Å²) in [6.07, 6.45) is -2.80. The van der Waals surface area contributed by atoms with E-state index in [0.717, 1.165) is 46.7 Å². The van der Waals surface area contributed by atoms with Crippen LogP contribution in [-0.2, 0) is 15.7 Å². The first-order valence-electron chi connectivity index (χ1n) is 9.86. The van der Waals surface area contributed by atoms with Crippen LogP contribution in [0.2, 0.25) is 0 Å². The number of hydrogen-bond acceptors (Lipinski definition) is 6. The van der Waals surface area contributed by atoms with E-state index in [2.05, 4.69) is 10.4 Å². The Morgan fingerprint density at radius 1 is 1.19 bits per heavy atom. The summed E-state index contributed by atoms with van der Waals surface area (Å²) in [5.41, 5.74) is -1.71. The van der Waals surface area contributed by atoms with Crippen LogP contribution in [0.3, 0.4) is 0 Å². The lowest BCUT2D eigenvalue weighted by molar-refractivity contribution is -0.137. The van der Waals surface area contributed by atoms with Crippen molar-refractivity contribution in [3.63, 3.8) is 0 Å². The third-order valence-corrected chi connectivity index (χ3v) is 5.47. The summed E-state index contributed by atoms with van der Waals surface area (Å²) in [5.74, 6) is -1.08. The summed E-state index contributed by atoms with van der Waals surface area (Å²) in [7, 11) is 0. The molecule has 0 radical (unpaired) electrons. The molecule has 0 fully saturated rings. The molecule has 2 heterocycles. The minimum atomic E-state index is -4.54. The second kappa shape index (κ2) is 9.51. The number of carbonyl (C=O) groups excluding carboxylic acids is 2. The molecule has 0 atom stereocenters. The normalized spacial score (nSPS) is 11.5. The van der Waals surface area contributed by atoms with E-state index in [1.54, 1.807) is 6.92 Å². The van der Waals surface area contributed by atoms with Crippen molar-refractivity contribution in [1.82, 2.24) is 9.78 Å². The summed E-state index contributed by atoms with van der Waals surface area (Å²) in [6.45, 7) is 3.61. The van der Waals surface area contributed by atoms with Gasteiger partial charge in [-0.15, -0.1) is 11.3 Å². The molecular weight excluding hydrogens is 447 g/mol. The fourth-order valence-corrected chi connectivity index (χ4v) is 3.94. The van der Waals surface area contributed by atoms with Crippen molar-refractivity contribution in [1.29, 1.82) is 0 Å². The number of benzene rings is 1. The lowest BCUT2D eigenvalue weighted by Crippen LogP contribution is -2.25. The Kier molecular flexibility index (Phi) is 6.97. The maximum absolute atomic E-state index is 13.2. The van der Waals surface area contributed by atoms with E-state index < -0.39 is 23.3 Å². The molecule has 1 N–H and O–H groups in total. The van der Waals surface area contributed by atoms with E-state index in [1.807, 2.05) is 6.92 Å². The molecule has 0 aliphatic carbocycles. The topological polar surface area (TPSA) is 90.3 Å². The molecule has 1 aromatic carbocycles. The predicted molar refractivity (Wildman–Crippen MR) is 114 cm³/mol. The minimum absolute atomic E-state index is 0.0323. The molecule has 0 bridgehead atoms. The van der Waals surface area contributed by atoms with Gasteiger partial charge in [-0.25, -0.2) is 4.79 Å². The van der Waals surface area contributed by atoms with Crippen LogP contribution in [0.25, 0.3) is 16.5 Å². The molecule has 2 aromatic heterocycles. The Balaban J connectivity index is 2.17. The van der Waals surface area contributed by atoms with Crippen LogP contribution in [0.4, 0.5) is 18.2 Å². The summed E-state index contributed by atoms with van der Waals surface area (Å²) >= 11 is 1.06. The fraction of sp³-hybridized carbons (Fsp3) is 0.333. The van der Waals surface area contributed by atoms with Gasteiger partial charge in [-0.05, 0) is 37.6 Å². The highest BCUT2D eigenvalue weighted by atomic mass is 32.1. The van der Waals surface area contributed by atoms with Crippen LogP contribution < -0.4 is 10.9 Å². The summed E-state index contributed by atoms with van der Waals surface area (Å²) < 4.78 is 44.6. The van der Waals surface area contributed by atoms with Crippen molar-refractivity contribution in [2.75, 3.05) is 11.9 Å². The third kappa shape index (κ3) is 4.82. The second-order valence-corrected chi connectivity index (χ2v) is 7.72. The Hall–Kier alpha value is -3.21. The van der Waals surface area contributed by atoms with E-state index in [0.29, 0.717) is 6.42 Å². The van der Waals surface area contributed by atoms with E-state index in [1.165, 1.54) is 5.38 Å². The van der Waals surface area contributed by atoms with Gasteiger partial charge in [-0.1, -0.05) is 13.3 Å². The van der Waals surface area contributed by atoms with Gasteiger partial charge >= 0.3 is 12.1 Å². The quantitative estimate of drug-likeness (QED) is 0.506. The van der Waals surface area contributed by atoms with E-state index in [9.17, 15) is 27.6 Å². The first-order chi connectivity index (χ1) is 15.2. The number of aromatic nitrogens is 2. The molecule has 170 valence electrons. The lowest BCUT2D eigenvalue weighted by atomic mass is 10.2. The number of nitrogens with one attached hydrogen (secondary N) is 1. The third-order valence-electron chi connectivity index (χ3n) is 4.57. The number of nitrogens with zero attached hydrogens (tertiary/aromatic N) is 2. The number of amides is 1. The number of fused-ring (bicyclic) bond motifs is 1. The number of ether oxygens (including phenoxy) is 1. The summed E-state index contributed by atoms with van der Waals surface area (Å²) in [6, 6.07) is 3.81. The highest BCUT2D eigenvalue weighted by molar-refractivity contribution is 7.16. The largest absolute Gasteiger partial charge is 0.461 e. The minimum Gasteiger partial charge on any atom is -0.461 e. The Labute approximate surface area is 184 Å². The standard InChI is InChI=1S/C21H20F3N3O4S/c1-3-5-6-15(28)25-18-16-14(11-32-18)17(20(30)31-4-2)26-27(19(16)29)13-9-7-12(8-10-13)21(22,23)24/h7-11H,3-6H2,1-2H3,(H,25,28). The molecule has 0 aliphatic rings. The highest BCUT2D eigenvalue weighted by Gasteiger charge is 2.30. The first-order valence-corrected chi connectivity index (χ1v) is 10.7. The van der Waals surface area contributed by atoms with Crippen LogP contribution >= 0.6 is 11.3 Å². The van der Waals surface area contributed by atoms with Crippen molar-refractivity contribution in [3.8, 4) is 5.69 Å². The molecule has 0 spiro atoms. The van der Waals surface area contributed by atoms with Crippen molar-refractivity contribution in [3.05, 3.63) is 51.3 Å². The zero-order valence-corrected chi connectivity index (χ0v) is 18.1. The second-order valence-electron chi connectivity index (χ2n) is 6.84. The maximum atomic E-state index is 13.2. The molecule has 3 rings (SSSR count). The number of rotatable bonds is 7. The van der Waals surface area contributed by atoms with Gasteiger partial charge in [0.2, 0.25) is 5.91 Å². The molecule has 1 amide bonds. The number of anilines is 1. The van der Waals surface area contributed by atoms with E-state index in [-0.39, 0.29) is 46.1 Å². The maximum Gasteiger partial charge on any atom is 0.416 e. The van der Waals surface area contributed by atoms with Gasteiger partial charge in [-0.2, -0.15) is 23.0 Å². The van der Waals surface area contributed by atoms with Crippen molar-refractivity contribution >= 4 is 39.0 Å². The fourth-order valence-electron chi connectivity index (χ4n) is 2.99. The lowest BCUT2D eigenvalue weighted by Gasteiger charge is -2.11. The van der Waals surface area contributed by atoms with Gasteiger partial charge in [0.25, 0.3) is 5.56 Å². The number of carbonyl (C=O) groups is 2. The number of unbranched alkanes of at least 4 members (excludes halogenated alkanes) is 1. The Morgan fingerprint density at radius 3 is 2.47 bits per heavy atom. The zero-order chi connectivity index (χ0) is 23.5. The molecule has 3 aromatic rings. The summed E-state index contributed by atoms with van der Waals surface area (Å²) in [4.78, 5) is 37.9. The average molecular weight is 467 g/mol. The molecule has 0 saturated carbocycles. The number of halogens is 3. The van der Waals surface area contributed by atoms with Gasteiger partial charge in [0, 0.05) is 17.2 Å². The zero-order valence-electron chi connectivity index (χ0n) is 17.3. The number of thiophene rings is 1. The molecule has 32 heavy (non-hydrogen) atoms. The van der Waals surface area contributed by atoms with Gasteiger partial charge in [0.1, 0.15) is 5.00 Å². The number of esters is 1. The molecule has 0 unspecified atom stereocenters. The van der Waals surface area contributed by atoms with E-state index in [4.69, 9.17) is 4.74 Å².